The number of aromatic nitrogens is 1. The van der Waals surface area contributed by atoms with Crippen LogP contribution in [0.1, 0.15) is 16.1 Å². The molecule has 1 heterocycles. The average molecular weight is 274 g/mol. The van der Waals surface area contributed by atoms with Crippen LogP contribution in [0.25, 0.3) is 10.9 Å². The summed E-state index contributed by atoms with van der Waals surface area (Å²) in [6.45, 7) is 1.93. The number of methoxy groups -OCH3 is 2. The predicted molar refractivity (Wildman–Crippen MR) is 78.7 cm³/mol. The van der Waals surface area contributed by atoms with Gasteiger partial charge in [-0.1, -0.05) is 0 Å². The highest BCUT2D eigenvalue weighted by atomic mass is 16.5. The van der Waals surface area contributed by atoms with Crippen molar-refractivity contribution < 1.29 is 14.3 Å². The number of hydrogen-bond donors (Lipinski definition) is 0. The van der Waals surface area contributed by atoms with Gasteiger partial charge in [-0.15, -0.1) is 0 Å². The lowest BCUT2D eigenvalue weighted by molar-refractivity contribution is 0.0599. The number of nitrogens with zero attached hydrogens (tertiary/aromatic N) is 2. The molecule has 0 bridgehead atoms. The van der Waals surface area contributed by atoms with Gasteiger partial charge in [0, 0.05) is 30.9 Å². The Morgan fingerprint density at radius 3 is 2.50 bits per heavy atom. The van der Waals surface area contributed by atoms with Crippen LogP contribution in [0.15, 0.2) is 18.2 Å². The SMILES string of the molecule is COC(=O)c1c(OC)ccc2nc(C)cc(N(C)C)c12. The summed E-state index contributed by atoms with van der Waals surface area (Å²) < 4.78 is 10.2. The minimum absolute atomic E-state index is 0.406. The number of hydrogen-bond acceptors (Lipinski definition) is 5. The Bertz CT molecular complexity index is 666. The van der Waals surface area contributed by atoms with Gasteiger partial charge in [-0.25, -0.2) is 4.79 Å². The lowest BCUT2D eigenvalue weighted by Crippen LogP contribution is -2.13. The molecule has 0 unspecified atom stereocenters. The molecule has 0 atom stereocenters. The minimum Gasteiger partial charge on any atom is -0.496 e. The first-order valence-electron chi connectivity index (χ1n) is 6.23. The van der Waals surface area contributed by atoms with Crippen molar-refractivity contribution >= 4 is 22.6 Å². The molecule has 1 aromatic carbocycles. The van der Waals surface area contributed by atoms with Crippen molar-refractivity contribution in [3.63, 3.8) is 0 Å². The van der Waals surface area contributed by atoms with E-state index in [9.17, 15) is 4.79 Å². The fourth-order valence-electron chi connectivity index (χ4n) is 2.24. The summed E-state index contributed by atoms with van der Waals surface area (Å²) in [7, 11) is 6.74. The zero-order valence-electron chi connectivity index (χ0n) is 12.4. The molecular formula is C15H18N2O3. The molecule has 5 heteroatoms. The van der Waals surface area contributed by atoms with Gasteiger partial charge in [0.2, 0.25) is 0 Å². The number of ether oxygens (including phenoxy) is 2. The van der Waals surface area contributed by atoms with Crippen molar-refractivity contribution in [1.29, 1.82) is 0 Å². The molecule has 0 N–H and O–H groups in total. The number of anilines is 1. The summed E-state index contributed by atoms with van der Waals surface area (Å²) in [5, 5.41) is 0.742. The van der Waals surface area contributed by atoms with Crippen molar-refractivity contribution in [2.45, 2.75) is 6.92 Å². The molecular weight excluding hydrogens is 256 g/mol. The molecule has 0 radical (unpaired) electrons. The number of fused-ring (bicyclic) bond motifs is 1. The normalized spacial score (nSPS) is 10.4. The Labute approximate surface area is 118 Å². The highest BCUT2D eigenvalue weighted by Gasteiger charge is 2.21. The summed E-state index contributed by atoms with van der Waals surface area (Å²) >= 11 is 0. The topological polar surface area (TPSA) is 51.7 Å². The zero-order valence-corrected chi connectivity index (χ0v) is 12.4. The summed E-state index contributed by atoms with van der Waals surface area (Å²) in [4.78, 5) is 18.5. The summed E-state index contributed by atoms with van der Waals surface area (Å²) in [5.41, 5.74) is 2.95. The van der Waals surface area contributed by atoms with Crippen molar-refractivity contribution in [2.75, 3.05) is 33.2 Å². The van der Waals surface area contributed by atoms with Gasteiger partial charge in [0.05, 0.1) is 19.7 Å². The summed E-state index contributed by atoms with van der Waals surface area (Å²) in [6.07, 6.45) is 0. The average Bonchev–Trinajstić information content (AvgIpc) is 2.44. The fourth-order valence-corrected chi connectivity index (χ4v) is 2.24. The van der Waals surface area contributed by atoms with Crippen LogP contribution in [0.2, 0.25) is 0 Å². The van der Waals surface area contributed by atoms with Crippen molar-refractivity contribution in [2.24, 2.45) is 0 Å². The molecule has 2 aromatic rings. The van der Waals surface area contributed by atoms with Gasteiger partial charge in [-0.2, -0.15) is 0 Å². The van der Waals surface area contributed by atoms with E-state index in [-0.39, 0.29) is 0 Å². The molecule has 1 aromatic heterocycles. The van der Waals surface area contributed by atoms with E-state index in [1.54, 1.807) is 6.07 Å². The smallest absolute Gasteiger partial charge is 0.342 e. The van der Waals surface area contributed by atoms with Crippen LogP contribution in [-0.4, -0.2) is 39.3 Å². The molecule has 20 heavy (non-hydrogen) atoms. The third-order valence-electron chi connectivity index (χ3n) is 3.13. The van der Waals surface area contributed by atoms with E-state index >= 15 is 0 Å². The lowest BCUT2D eigenvalue weighted by Gasteiger charge is -2.19. The van der Waals surface area contributed by atoms with E-state index < -0.39 is 5.97 Å². The monoisotopic (exact) mass is 274 g/mol. The molecule has 0 aliphatic heterocycles. The van der Waals surface area contributed by atoms with Crippen LogP contribution in [-0.2, 0) is 4.74 Å². The van der Waals surface area contributed by atoms with Crippen LogP contribution in [0.4, 0.5) is 5.69 Å². The van der Waals surface area contributed by atoms with Crippen LogP contribution in [0, 0.1) is 6.92 Å². The van der Waals surface area contributed by atoms with Crippen LogP contribution < -0.4 is 9.64 Å². The molecule has 0 saturated heterocycles. The molecule has 0 fully saturated rings. The second-order valence-corrected chi connectivity index (χ2v) is 4.71. The van der Waals surface area contributed by atoms with Crippen LogP contribution in [0.3, 0.4) is 0 Å². The second-order valence-electron chi connectivity index (χ2n) is 4.71. The first kappa shape index (κ1) is 14.1. The van der Waals surface area contributed by atoms with E-state index in [2.05, 4.69) is 4.98 Å². The van der Waals surface area contributed by atoms with E-state index in [0.717, 1.165) is 22.3 Å². The predicted octanol–water partition coefficient (Wildman–Crippen LogP) is 2.40. The van der Waals surface area contributed by atoms with E-state index in [1.807, 2.05) is 38.1 Å². The molecule has 0 spiro atoms. The summed E-state index contributed by atoms with van der Waals surface area (Å²) in [6, 6.07) is 5.52. The van der Waals surface area contributed by atoms with Gasteiger partial charge in [0.15, 0.2) is 0 Å². The number of aryl methyl sites for hydroxylation is 1. The van der Waals surface area contributed by atoms with E-state index in [0.29, 0.717) is 11.3 Å². The third kappa shape index (κ3) is 2.27. The maximum absolute atomic E-state index is 12.1. The highest BCUT2D eigenvalue weighted by Crippen LogP contribution is 2.34. The number of rotatable bonds is 3. The largest absolute Gasteiger partial charge is 0.496 e. The van der Waals surface area contributed by atoms with Crippen molar-refractivity contribution in [3.05, 3.63) is 29.5 Å². The molecule has 0 aliphatic rings. The quantitative estimate of drug-likeness (QED) is 0.804. The van der Waals surface area contributed by atoms with Gasteiger partial charge in [-0.3, -0.25) is 4.98 Å². The van der Waals surface area contributed by atoms with Crippen LogP contribution in [0.5, 0.6) is 5.75 Å². The molecule has 0 aliphatic carbocycles. The van der Waals surface area contributed by atoms with E-state index in [4.69, 9.17) is 9.47 Å². The Hall–Kier alpha value is -2.30. The van der Waals surface area contributed by atoms with Crippen molar-refractivity contribution in [3.8, 4) is 5.75 Å². The summed E-state index contributed by atoms with van der Waals surface area (Å²) in [5.74, 6) is 0.0549. The number of benzene rings is 1. The number of carbonyl (C=O) groups excluding carboxylic acids is 1. The lowest BCUT2D eigenvalue weighted by atomic mass is 10.0. The van der Waals surface area contributed by atoms with E-state index in [1.165, 1.54) is 14.2 Å². The molecule has 5 nitrogen and oxygen atoms in total. The third-order valence-corrected chi connectivity index (χ3v) is 3.13. The van der Waals surface area contributed by atoms with Crippen LogP contribution >= 0.6 is 0 Å². The first-order valence-corrected chi connectivity index (χ1v) is 6.23. The number of pyridine rings is 1. The maximum Gasteiger partial charge on any atom is 0.342 e. The Morgan fingerprint density at radius 2 is 1.95 bits per heavy atom. The van der Waals surface area contributed by atoms with Gasteiger partial charge in [0.25, 0.3) is 0 Å². The van der Waals surface area contributed by atoms with Gasteiger partial charge in [0.1, 0.15) is 11.3 Å². The molecule has 0 amide bonds. The molecule has 2 rings (SSSR count). The Morgan fingerprint density at radius 1 is 1.25 bits per heavy atom. The number of carbonyl (C=O) groups is 1. The Balaban J connectivity index is 2.94. The minimum atomic E-state index is -0.429. The molecule has 106 valence electrons. The van der Waals surface area contributed by atoms with Crippen molar-refractivity contribution in [1.82, 2.24) is 4.98 Å². The maximum atomic E-state index is 12.1. The fraction of sp³-hybridized carbons (Fsp3) is 0.333. The standard InChI is InChI=1S/C15H18N2O3/c1-9-8-11(17(2)3)13-10(16-9)6-7-12(19-4)14(13)15(18)20-5/h6-8H,1-5H3. The zero-order chi connectivity index (χ0) is 14.9. The highest BCUT2D eigenvalue weighted by molar-refractivity contribution is 6.11. The van der Waals surface area contributed by atoms with Gasteiger partial charge in [-0.05, 0) is 25.1 Å². The first-order chi connectivity index (χ1) is 9.49. The Kier molecular flexibility index (Phi) is 3.79. The number of esters is 1. The second kappa shape index (κ2) is 5.36. The molecule has 0 saturated carbocycles. The van der Waals surface area contributed by atoms with Gasteiger partial charge >= 0.3 is 5.97 Å². The van der Waals surface area contributed by atoms with Gasteiger partial charge < -0.3 is 14.4 Å².